The first-order valence-electron chi connectivity index (χ1n) is 7.36. The van der Waals surface area contributed by atoms with Gasteiger partial charge in [-0.2, -0.15) is 0 Å². The lowest BCUT2D eigenvalue weighted by Crippen LogP contribution is -2.28. The molecule has 1 aromatic heterocycles. The molecule has 0 spiro atoms. The highest BCUT2D eigenvalue weighted by Gasteiger charge is 2.24. The van der Waals surface area contributed by atoms with Crippen molar-refractivity contribution in [3.05, 3.63) is 17.6 Å². The number of amides is 1. The van der Waals surface area contributed by atoms with E-state index < -0.39 is 17.7 Å². The SMILES string of the molecule is CC(C)(C)OC(=O)Nc1nc(C2CCCC2)ncc1C(=O)O. The van der Waals surface area contributed by atoms with Gasteiger partial charge in [-0.05, 0) is 33.6 Å². The average molecular weight is 307 g/mol. The van der Waals surface area contributed by atoms with Gasteiger partial charge in [0, 0.05) is 12.1 Å². The second kappa shape index (κ2) is 6.29. The number of carboxylic acid groups (broad SMARTS) is 1. The van der Waals surface area contributed by atoms with Crippen molar-refractivity contribution < 1.29 is 19.4 Å². The molecule has 7 nitrogen and oxygen atoms in total. The van der Waals surface area contributed by atoms with Crippen LogP contribution in [-0.4, -0.2) is 32.7 Å². The van der Waals surface area contributed by atoms with Crippen LogP contribution in [0.4, 0.5) is 10.6 Å². The fraction of sp³-hybridized carbons (Fsp3) is 0.600. The molecule has 0 radical (unpaired) electrons. The molecule has 0 aromatic carbocycles. The minimum Gasteiger partial charge on any atom is -0.477 e. The first-order valence-corrected chi connectivity index (χ1v) is 7.36. The molecular weight excluding hydrogens is 286 g/mol. The van der Waals surface area contributed by atoms with Crippen LogP contribution in [0.3, 0.4) is 0 Å². The lowest BCUT2D eigenvalue weighted by atomic mass is 10.1. The summed E-state index contributed by atoms with van der Waals surface area (Å²) in [4.78, 5) is 31.5. The highest BCUT2D eigenvalue weighted by atomic mass is 16.6. The van der Waals surface area contributed by atoms with Crippen LogP contribution in [0.15, 0.2) is 6.20 Å². The molecule has 1 heterocycles. The molecule has 120 valence electrons. The highest BCUT2D eigenvalue weighted by Crippen LogP contribution is 2.32. The number of carbonyl (C=O) groups excluding carboxylic acids is 1. The van der Waals surface area contributed by atoms with E-state index in [1.54, 1.807) is 20.8 Å². The number of hydrogen-bond acceptors (Lipinski definition) is 5. The van der Waals surface area contributed by atoms with Gasteiger partial charge >= 0.3 is 12.1 Å². The number of aromatic nitrogens is 2. The number of hydrogen-bond donors (Lipinski definition) is 2. The van der Waals surface area contributed by atoms with Gasteiger partial charge in [-0.15, -0.1) is 0 Å². The van der Waals surface area contributed by atoms with Crippen molar-refractivity contribution in [3.8, 4) is 0 Å². The third kappa shape index (κ3) is 4.16. The Hall–Kier alpha value is -2.18. The molecule has 1 saturated carbocycles. The van der Waals surface area contributed by atoms with Gasteiger partial charge in [0.05, 0.1) is 0 Å². The summed E-state index contributed by atoms with van der Waals surface area (Å²) in [6.07, 6.45) is 4.71. The summed E-state index contributed by atoms with van der Waals surface area (Å²) < 4.78 is 5.14. The Morgan fingerprint density at radius 3 is 2.50 bits per heavy atom. The highest BCUT2D eigenvalue weighted by molar-refractivity contribution is 5.97. The molecule has 1 fully saturated rings. The number of carbonyl (C=O) groups is 2. The molecule has 1 aliphatic carbocycles. The molecule has 1 amide bonds. The van der Waals surface area contributed by atoms with Crippen molar-refractivity contribution in [1.29, 1.82) is 0 Å². The lowest BCUT2D eigenvalue weighted by Gasteiger charge is -2.20. The van der Waals surface area contributed by atoms with Crippen LogP contribution in [0.1, 0.15) is 68.6 Å². The minimum absolute atomic E-state index is 0.0151. The Labute approximate surface area is 129 Å². The fourth-order valence-electron chi connectivity index (χ4n) is 2.43. The molecule has 7 heteroatoms. The quantitative estimate of drug-likeness (QED) is 0.889. The zero-order valence-electron chi connectivity index (χ0n) is 13.0. The number of ether oxygens (including phenoxy) is 1. The van der Waals surface area contributed by atoms with Gasteiger partial charge in [0.2, 0.25) is 0 Å². The number of nitrogens with one attached hydrogen (secondary N) is 1. The Balaban J connectivity index is 2.24. The molecule has 0 atom stereocenters. The van der Waals surface area contributed by atoms with Crippen LogP contribution < -0.4 is 5.32 Å². The van der Waals surface area contributed by atoms with Crippen molar-refractivity contribution in [2.45, 2.75) is 58.0 Å². The minimum atomic E-state index is -1.19. The maximum atomic E-state index is 11.8. The molecule has 1 aliphatic rings. The first-order chi connectivity index (χ1) is 10.3. The molecule has 0 aliphatic heterocycles. The maximum absolute atomic E-state index is 11.8. The van der Waals surface area contributed by atoms with Gasteiger partial charge < -0.3 is 9.84 Å². The average Bonchev–Trinajstić information content (AvgIpc) is 2.89. The standard InChI is InChI=1S/C15H21N3O4/c1-15(2,3)22-14(21)18-12-10(13(19)20)8-16-11(17-12)9-6-4-5-7-9/h8-9H,4-7H2,1-3H3,(H,19,20)(H,16,17,18,21). The molecule has 0 bridgehead atoms. The second-order valence-electron chi connectivity index (χ2n) is 6.40. The van der Waals surface area contributed by atoms with E-state index in [1.165, 1.54) is 6.20 Å². The monoisotopic (exact) mass is 307 g/mol. The summed E-state index contributed by atoms with van der Waals surface area (Å²) in [5, 5.41) is 11.6. The second-order valence-corrected chi connectivity index (χ2v) is 6.40. The summed E-state index contributed by atoms with van der Waals surface area (Å²) in [6.45, 7) is 5.19. The van der Waals surface area contributed by atoms with Crippen LogP contribution >= 0.6 is 0 Å². The van der Waals surface area contributed by atoms with Crippen LogP contribution in [0.5, 0.6) is 0 Å². The van der Waals surface area contributed by atoms with E-state index in [0.717, 1.165) is 25.7 Å². The van der Waals surface area contributed by atoms with E-state index in [9.17, 15) is 14.7 Å². The predicted molar refractivity (Wildman–Crippen MR) is 80.1 cm³/mol. The van der Waals surface area contributed by atoms with E-state index >= 15 is 0 Å². The molecule has 1 aromatic rings. The number of carboxylic acids is 1. The topological polar surface area (TPSA) is 101 Å². The molecular formula is C15H21N3O4. The summed E-state index contributed by atoms with van der Waals surface area (Å²) in [5.74, 6) is -0.404. The van der Waals surface area contributed by atoms with Gasteiger partial charge in [0.15, 0.2) is 5.82 Å². The molecule has 22 heavy (non-hydrogen) atoms. The van der Waals surface area contributed by atoms with Crippen molar-refractivity contribution in [3.63, 3.8) is 0 Å². The number of aromatic carboxylic acids is 1. The summed E-state index contributed by atoms with van der Waals surface area (Å²) >= 11 is 0. The largest absolute Gasteiger partial charge is 0.477 e. The number of rotatable bonds is 3. The van der Waals surface area contributed by atoms with Gasteiger partial charge in [0.25, 0.3) is 0 Å². The number of nitrogens with zero attached hydrogens (tertiary/aromatic N) is 2. The summed E-state index contributed by atoms with van der Waals surface area (Å²) in [6, 6.07) is 0. The molecule has 2 rings (SSSR count). The molecule has 2 N–H and O–H groups in total. The van der Waals surface area contributed by atoms with E-state index in [1.807, 2.05) is 0 Å². The third-order valence-corrected chi connectivity index (χ3v) is 3.38. The lowest BCUT2D eigenvalue weighted by molar-refractivity contribution is 0.0635. The van der Waals surface area contributed by atoms with E-state index in [0.29, 0.717) is 5.82 Å². The van der Waals surface area contributed by atoms with E-state index in [2.05, 4.69) is 15.3 Å². The van der Waals surface area contributed by atoms with Crippen LogP contribution in [0, 0.1) is 0 Å². The fourth-order valence-corrected chi connectivity index (χ4v) is 2.43. The van der Waals surface area contributed by atoms with Crippen molar-refractivity contribution in [2.75, 3.05) is 5.32 Å². The third-order valence-electron chi connectivity index (χ3n) is 3.38. The van der Waals surface area contributed by atoms with Crippen molar-refractivity contribution >= 4 is 17.9 Å². The van der Waals surface area contributed by atoms with Gasteiger partial charge in [-0.3, -0.25) is 5.32 Å². The van der Waals surface area contributed by atoms with Crippen LogP contribution in [-0.2, 0) is 4.74 Å². The normalized spacial score (nSPS) is 15.6. The Morgan fingerprint density at radius 2 is 1.95 bits per heavy atom. The zero-order chi connectivity index (χ0) is 16.3. The smallest absolute Gasteiger partial charge is 0.413 e. The predicted octanol–water partition coefficient (Wildman–Crippen LogP) is 3.18. The molecule has 0 saturated heterocycles. The van der Waals surface area contributed by atoms with Gasteiger partial charge in [-0.1, -0.05) is 12.8 Å². The zero-order valence-corrected chi connectivity index (χ0v) is 13.0. The van der Waals surface area contributed by atoms with Crippen molar-refractivity contribution in [1.82, 2.24) is 9.97 Å². The Kier molecular flexibility index (Phi) is 4.63. The van der Waals surface area contributed by atoms with Crippen molar-refractivity contribution in [2.24, 2.45) is 0 Å². The maximum Gasteiger partial charge on any atom is 0.413 e. The van der Waals surface area contributed by atoms with Crippen LogP contribution in [0.25, 0.3) is 0 Å². The number of anilines is 1. The molecule has 0 unspecified atom stereocenters. The van der Waals surface area contributed by atoms with E-state index in [-0.39, 0.29) is 17.3 Å². The first kappa shape index (κ1) is 16.2. The van der Waals surface area contributed by atoms with Gasteiger partial charge in [0.1, 0.15) is 17.0 Å². The Bertz CT molecular complexity index is 575. The van der Waals surface area contributed by atoms with Gasteiger partial charge in [-0.25, -0.2) is 19.6 Å². The van der Waals surface area contributed by atoms with E-state index in [4.69, 9.17) is 4.74 Å². The van der Waals surface area contributed by atoms with Crippen LogP contribution in [0.2, 0.25) is 0 Å². The Morgan fingerprint density at radius 1 is 1.32 bits per heavy atom. The summed E-state index contributed by atoms with van der Waals surface area (Å²) in [5.41, 5.74) is -0.818. The summed E-state index contributed by atoms with van der Waals surface area (Å²) in [7, 11) is 0.